The first-order valence-electron chi connectivity index (χ1n) is 6.03. The highest BCUT2D eigenvalue weighted by Gasteiger charge is 2.20. The van der Waals surface area contributed by atoms with Crippen molar-refractivity contribution in [2.75, 3.05) is 32.9 Å². The number of rotatable bonds is 9. The van der Waals surface area contributed by atoms with E-state index >= 15 is 0 Å². The van der Waals surface area contributed by atoms with Crippen LogP contribution in [0.25, 0.3) is 0 Å². The van der Waals surface area contributed by atoms with E-state index in [2.05, 4.69) is 19.2 Å². The molecule has 0 amide bonds. The van der Waals surface area contributed by atoms with Gasteiger partial charge in [0.1, 0.15) is 0 Å². The molecule has 0 aromatic carbocycles. The molecular weight excluding hydrogens is 190 g/mol. The van der Waals surface area contributed by atoms with E-state index in [1.807, 2.05) is 0 Å². The summed E-state index contributed by atoms with van der Waals surface area (Å²) < 4.78 is 5.53. The molecule has 0 atom stereocenters. The summed E-state index contributed by atoms with van der Waals surface area (Å²) in [7, 11) is 0. The third-order valence-corrected chi connectivity index (χ3v) is 2.72. The van der Waals surface area contributed by atoms with E-state index in [0.29, 0.717) is 0 Å². The average Bonchev–Trinajstić information content (AvgIpc) is 3.00. The number of nitrogens with one attached hydrogen (secondary N) is 1. The first-order valence-corrected chi connectivity index (χ1v) is 6.03. The van der Waals surface area contributed by atoms with E-state index in [1.54, 1.807) is 0 Å². The molecule has 1 fully saturated rings. The molecule has 0 aromatic heterocycles. The minimum Gasteiger partial charge on any atom is -0.396 e. The Balaban J connectivity index is 1.79. The Morgan fingerprint density at radius 1 is 1.40 bits per heavy atom. The molecule has 1 rings (SSSR count). The summed E-state index contributed by atoms with van der Waals surface area (Å²) in [4.78, 5) is 0. The van der Waals surface area contributed by atoms with Crippen molar-refractivity contribution < 1.29 is 9.84 Å². The Bertz CT molecular complexity index is 167. The van der Waals surface area contributed by atoms with Crippen molar-refractivity contribution in [3.8, 4) is 0 Å². The summed E-state index contributed by atoms with van der Waals surface area (Å²) in [6.07, 6.45) is 3.79. The van der Waals surface area contributed by atoms with Crippen LogP contribution in [0, 0.1) is 11.3 Å². The molecule has 0 aromatic rings. The van der Waals surface area contributed by atoms with Crippen LogP contribution >= 0.6 is 0 Å². The molecule has 0 unspecified atom stereocenters. The molecular formula is C12H25NO2. The van der Waals surface area contributed by atoms with Gasteiger partial charge in [-0.3, -0.25) is 0 Å². The van der Waals surface area contributed by atoms with Gasteiger partial charge in [0.15, 0.2) is 0 Å². The second-order valence-corrected chi connectivity index (χ2v) is 5.37. The minimum atomic E-state index is -0.00509. The standard InChI is InChI=1S/C12H25NO2/c1-12(2,10-14)9-13-6-3-7-15-8-11-4-5-11/h11,13-14H,3-10H2,1-2H3. The van der Waals surface area contributed by atoms with Gasteiger partial charge in [0.25, 0.3) is 0 Å². The van der Waals surface area contributed by atoms with Gasteiger partial charge in [-0.25, -0.2) is 0 Å². The lowest BCUT2D eigenvalue weighted by molar-refractivity contribution is 0.119. The molecule has 2 N–H and O–H groups in total. The Morgan fingerprint density at radius 3 is 2.73 bits per heavy atom. The molecule has 1 aliphatic rings. The maximum absolute atomic E-state index is 9.04. The fourth-order valence-corrected chi connectivity index (χ4v) is 1.32. The van der Waals surface area contributed by atoms with Crippen LogP contribution in [0.1, 0.15) is 33.1 Å². The summed E-state index contributed by atoms with van der Waals surface area (Å²) >= 11 is 0. The number of aliphatic hydroxyl groups is 1. The minimum absolute atomic E-state index is 0.00509. The molecule has 0 aliphatic heterocycles. The van der Waals surface area contributed by atoms with Crippen LogP contribution < -0.4 is 5.32 Å². The maximum atomic E-state index is 9.04. The highest BCUT2D eigenvalue weighted by Crippen LogP contribution is 2.28. The predicted molar refractivity (Wildman–Crippen MR) is 61.9 cm³/mol. The Labute approximate surface area is 93.2 Å². The van der Waals surface area contributed by atoms with E-state index in [4.69, 9.17) is 9.84 Å². The molecule has 3 nitrogen and oxygen atoms in total. The van der Waals surface area contributed by atoms with E-state index in [-0.39, 0.29) is 12.0 Å². The summed E-state index contributed by atoms with van der Waals surface area (Å²) in [6.45, 7) is 8.02. The quantitative estimate of drug-likeness (QED) is 0.571. The lowest BCUT2D eigenvalue weighted by Gasteiger charge is -2.21. The van der Waals surface area contributed by atoms with Gasteiger partial charge in [0.05, 0.1) is 0 Å². The summed E-state index contributed by atoms with van der Waals surface area (Å²) in [5, 5.41) is 12.4. The molecule has 3 heteroatoms. The highest BCUT2D eigenvalue weighted by atomic mass is 16.5. The second-order valence-electron chi connectivity index (χ2n) is 5.37. The zero-order valence-electron chi connectivity index (χ0n) is 10.1. The van der Waals surface area contributed by atoms with Gasteiger partial charge in [0.2, 0.25) is 0 Å². The number of ether oxygens (including phenoxy) is 1. The molecule has 1 aliphatic carbocycles. The predicted octanol–water partition coefficient (Wildman–Crippen LogP) is 1.41. The van der Waals surface area contributed by atoms with Crippen molar-refractivity contribution >= 4 is 0 Å². The van der Waals surface area contributed by atoms with E-state index in [1.165, 1.54) is 12.8 Å². The van der Waals surface area contributed by atoms with Crippen LogP contribution in [-0.2, 0) is 4.74 Å². The molecule has 0 spiro atoms. The zero-order chi connectivity index (χ0) is 11.1. The van der Waals surface area contributed by atoms with Crippen molar-refractivity contribution in [3.05, 3.63) is 0 Å². The molecule has 90 valence electrons. The molecule has 15 heavy (non-hydrogen) atoms. The Hall–Kier alpha value is -0.120. The maximum Gasteiger partial charge on any atom is 0.0494 e. The molecule has 0 heterocycles. The van der Waals surface area contributed by atoms with E-state index < -0.39 is 0 Å². The van der Waals surface area contributed by atoms with Gasteiger partial charge in [-0.15, -0.1) is 0 Å². The van der Waals surface area contributed by atoms with Gasteiger partial charge in [0, 0.05) is 31.8 Å². The fraction of sp³-hybridized carbons (Fsp3) is 1.00. The highest BCUT2D eigenvalue weighted by molar-refractivity contribution is 4.72. The van der Waals surface area contributed by atoms with Crippen LogP contribution in [0.2, 0.25) is 0 Å². The molecule has 0 radical (unpaired) electrons. The monoisotopic (exact) mass is 215 g/mol. The lowest BCUT2D eigenvalue weighted by Crippen LogP contribution is -2.33. The second kappa shape index (κ2) is 6.46. The van der Waals surface area contributed by atoms with Gasteiger partial charge in [-0.1, -0.05) is 13.8 Å². The van der Waals surface area contributed by atoms with Crippen LogP contribution in [0.5, 0.6) is 0 Å². The van der Waals surface area contributed by atoms with Crippen molar-refractivity contribution in [2.45, 2.75) is 33.1 Å². The molecule has 0 bridgehead atoms. The zero-order valence-corrected chi connectivity index (χ0v) is 10.1. The summed E-state index contributed by atoms with van der Waals surface area (Å²) in [5.74, 6) is 0.867. The van der Waals surface area contributed by atoms with Crippen LogP contribution in [0.15, 0.2) is 0 Å². The van der Waals surface area contributed by atoms with Crippen molar-refractivity contribution in [3.63, 3.8) is 0 Å². The van der Waals surface area contributed by atoms with Crippen LogP contribution in [0.4, 0.5) is 0 Å². The number of hydrogen-bond acceptors (Lipinski definition) is 3. The Morgan fingerprint density at radius 2 is 2.13 bits per heavy atom. The number of aliphatic hydroxyl groups excluding tert-OH is 1. The topological polar surface area (TPSA) is 41.5 Å². The van der Waals surface area contributed by atoms with E-state index in [9.17, 15) is 0 Å². The van der Waals surface area contributed by atoms with Crippen molar-refractivity contribution in [1.29, 1.82) is 0 Å². The smallest absolute Gasteiger partial charge is 0.0494 e. The van der Waals surface area contributed by atoms with Crippen molar-refractivity contribution in [2.24, 2.45) is 11.3 Å². The van der Waals surface area contributed by atoms with Crippen molar-refractivity contribution in [1.82, 2.24) is 5.32 Å². The fourth-order valence-electron chi connectivity index (χ4n) is 1.32. The first kappa shape index (κ1) is 12.9. The third kappa shape index (κ3) is 6.88. The van der Waals surface area contributed by atoms with Gasteiger partial charge in [-0.05, 0) is 31.7 Å². The van der Waals surface area contributed by atoms with E-state index in [0.717, 1.165) is 38.6 Å². The SMILES string of the molecule is CC(C)(CO)CNCCCOCC1CC1. The van der Waals surface area contributed by atoms with Crippen LogP contribution in [0.3, 0.4) is 0 Å². The number of hydrogen-bond donors (Lipinski definition) is 2. The molecule has 0 saturated heterocycles. The largest absolute Gasteiger partial charge is 0.396 e. The molecule has 1 saturated carbocycles. The summed E-state index contributed by atoms with van der Waals surface area (Å²) in [5.41, 5.74) is -0.00509. The first-order chi connectivity index (χ1) is 7.14. The van der Waals surface area contributed by atoms with Gasteiger partial charge >= 0.3 is 0 Å². The van der Waals surface area contributed by atoms with Crippen LogP contribution in [-0.4, -0.2) is 38.0 Å². The normalized spacial score (nSPS) is 17.0. The Kier molecular flexibility index (Phi) is 5.58. The summed E-state index contributed by atoms with van der Waals surface area (Å²) in [6, 6.07) is 0. The van der Waals surface area contributed by atoms with Gasteiger partial charge < -0.3 is 15.2 Å². The average molecular weight is 215 g/mol. The third-order valence-electron chi connectivity index (χ3n) is 2.72. The van der Waals surface area contributed by atoms with Gasteiger partial charge in [-0.2, -0.15) is 0 Å². The lowest BCUT2D eigenvalue weighted by atomic mass is 9.95.